The third kappa shape index (κ3) is 12.6. The minimum atomic E-state index is -0.965. The summed E-state index contributed by atoms with van der Waals surface area (Å²) in [6.07, 6.45) is -0.352. The van der Waals surface area contributed by atoms with Crippen LogP contribution in [0.3, 0.4) is 0 Å². The SMILES string of the molecule is CC.CCNC(=O)OC(C)(C)C.COC(=O)CNC(=O)[C@H](C)NC(=O)c1cc(-c2c(OC)cccc2OC)n(-c2ccc(F)cc2)n1. The number of carbonyl (C=O) groups is 4. The van der Waals surface area contributed by atoms with Gasteiger partial charge in [0.05, 0.1) is 38.3 Å². The molecule has 3 amide bonds. The summed E-state index contributed by atoms with van der Waals surface area (Å²) in [5.41, 5.74) is 1.05. The van der Waals surface area contributed by atoms with E-state index in [0.29, 0.717) is 35.0 Å². The van der Waals surface area contributed by atoms with E-state index in [-0.39, 0.29) is 23.9 Å². The Balaban J connectivity index is 0.000000787. The van der Waals surface area contributed by atoms with Crippen molar-refractivity contribution < 1.29 is 42.5 Å². The molecule has 258 valence electrons. The van der Waals surface area contributed by atoms with E-state index < -0.39 is 29.6 Å². The number of benzene rings is 2. The Morgan fingerprint density at radius 1 is 0.936 bits per heavy atom. The number of carbonyl (C=O) groups excluding carboxylic acids is 4. The van der Waals surface area contributed by atoms with E-state index in [1.165, 1.54) is 63.3 Å². The van der Waals surface area contributed by atoms with Crippen molar-refractivity contribution in [2.45, 2.75) is 60.1 Å². The van der Waals surface area contributed by atoms with Gasteiger partial charge in [-0.1, -0.05) is 19.9 Å². The Bertz CT molecular complexity index is 1450. The largest absolute Gasteiger partial charge is 0.496 e. The number of aromatic nitrogens is 2. The predicted molar refractivity (Wildman–Crippen MR) is 175 cm³/mol. The van der Waals surface area contributed by atoms with Gasteiger partial charge < -0.3 is 34.9 Å². The molecule has 0 radical (unpaired) electrons. The van der Waals surface area contributed by atoms with Gasteiger partial charge in [0, 0.05) is 6.54 Å². The maximum Gasteiger partial charge on any atom is 0.407 e. The number of amides is 3. The molecule has 0 saturated heterocycles. The van der Waals surface area contributed by atoms with Crippen LogP contribution in [0.4, 0.5) is 9.18 Å². The summed E-state index contributed by atoms with van der Waals surface area (Å²) in [4.78, 5) is 47.1. The van der Waals surface area contributed by atoms with E-state index >= 15 is 0 Å². The molecule has 3 aromatic rings. The first kappa shape index (κ1) is 39.9. The van der Waals surface area contributed by atoms with Gasteiger partial charge in [-0.2, -0.15) is 5.10 Å². The average molecular weight is 660 g/mol. The molecule has 3 rings (SSSR count). The van der Waals surface area contributed by atoms with Crippen molar-refractivity contribution in [2.24, 2.45) is 0 Å². The highest BCUT2D eigenvalue weighted by Gasteiger charge is 2.24. The quantitative estimate of drug-likeness (QED) is 0.263. The fraction of sp³-hybridized carbons (Fsp3) is 0.424. The van der Waals surface area contributed by atoms with Crippen molar-refractivity contribution in [3.8, 4) is 28.4 Å². The van der Waals surface area contributed by atoms with Crippen molar-refractivity contribution in [1.29, 1.82) is 0 Å². The molecule has 0 fully saturated rings. The highest BCUT2D eigenvalue weighted by molar-refractivity contribution is 5.97. The van der Waals surface area contributed by atoms with Crippen molar-refractivity contribution >= 4 is 23.9 Å². The number of esters is 1. The Hall–Kier alpha value is -5.14. The monoisotopic (exact) mass is 659 g/mol. The van der Waals surface area contributed by atoms with Gasteiger partial charge in [0.1, 0.15) is 35.5 Å². The molecule has 1 atom stereocenters. The van der Waals surface area contributed by atoms with Crippen LogP contribution in [-0.4, -0.2) is 79.7 Å². The summed E-state index contributed by atoms with van der Waals surface area (Å²) in [6.45, 7) is 13.1. The van der Waals surface area contributed by atoms with E-state index in [2.05, 4.69) is 25.8 Å². The van der Waals surface area contributed by atoms with Crippen LogP contribution < -0.4 is 25.4 Å². The lowest BCUT2D eigenvalue weighted by Gasteiger charge is -2.19. The zero-order valence-electron chi connectivity index (χ0n) is 28.6. The summed E-state index contributed by atoms with van der Waals surface area (Å²) >= 11 is 0. The van der Waals surface area contributed by atoms with E-state index in [1.807, 2.05) is 41.5 Å². The smallest absolute Gasteiger partial charge is 0.407 e. The molecule has 1 heterocycles. The lowest BCUT2D eigenvalue weighted by atomic mass is 10.1. The molecule has 0 bridgehead atoms. The van der Waals surface area contributed by atoms with Crippen LogP contribution in [0.25, 0.3) is 16.9 Å². The fourth-order valence-electron chi connectivity index (χ4n) is 3.73. The molecule has 13 nitrogen and oxygen atoms in total. The number of hydrogen-bond acceptors (Lipinski definition) is 9. The normalized spacial score (nSPS) is 10.9. The van der Waals surface area contributed by atoms with Crippen LogP contribution in [0.15, 0.2) is 48.5 Å². The number of halogens is 1. The zero-order valence-corrected chi connectivity index (χ0v) is 28.6. The summed E-state index contributed by atoms with van der Waals surface area (Å²) in [5.74, 6) is -1.33. The second-order valence-electron chi connectivity index (χ2n) is 10.4. The van der Waals surface area contributed by atoms with Crippen molar-refractivity contribution in [1.82, 2.24) is 25.7 Å². The van der Waals surface area contributed by atoms with Gasteiger partial charge in [0.2, 0.25) is 5.91 Å². The summed E-state index contributed by atoms with van der Waals surface area (Å²) < 4.78 is 35.4. The molecule has 3 N–H and O–H groups in total. The Morgan fingerprint density at radius 3 is 2.00 bits per heavy atom. The van der Waals surface area contributed by atoms with Gasteiger partial charge in [0.25, 0.3) is 5.91 Å². The molecule has 0 aliphatic heterocycles. The van der Waals surface area contributed by atoms with E-state index in [4.69, 9.17) is 14.2 Å². The number of ether oxygens (including phenoxy) is 4. The molecule has 0 saturated carbocycles. The predicted octanol–water partition coefficient (Wildman–Crippen LogP) is 4.66. The minimum Gasteiger partial charge on any atom is -0.496 e. The number of methoxy groups -OCH3 is 3. The van der Waals surface area contributed by atoms with Gasteiger partial charge in [-0.05, 0) is 77.1 Å². The Kier molecular flexibility index (Phi) is 16.5. The van der Waals surface area contributed by atoms with Gasteiger partial charge in [-0.25, -0.2) is 13.9 Å². The zero-order chi connectivity index (χ0) is 35.7. The standard InChI is InChI=1S/C24H25FN4O6.C7H15NO2.C2H6/c1-14(23(31)26-13-21(30)35-4)27-24(32)17-12-18(22-19(33-2)6-5-7-20(22)34-3)29(28-17)16-10-8-15(25)9-11-16;1-5-8-6(9)10-7(2,3)4;1-2/h5-12,14H,13H2,1-4H3,(H,26,31)(H,27,32);5H2,1-4H3,(H,8,9);1-2H3/t14-;;/m0../s1. The van der Waals surface area contributed by atoms with Gasteiger partial charge in [-0.3, -0.25) is 14.4 Å². The van der Waals surface area contributed by atoms with Crippen LogP contribution in [-0.2, 0) is 19.1 Å². The van der Waals surface area contributed by atoms with E-state index in [9.17, 15) is 23.6 Å². The van der Waals surface area contributed by atoms with E-state index in [0.717, 1.165) is 0 Å². The maximum absolute atomic E-state index is 13.6. The highest BCUT2D eigenvalue weighted by atomic mass is 19.1. The third-order valence-electron chi connectivity index (χ3n) is 5.79. The van der Waals surface area contributed by atoms with Crippen LogP contribution >= 0.6 is 0 Å². The van der Waals surface area contributed by atoms with Crippen LogP contribution in [0, 0.1) is 5.82 Å². The first-order valence-corrected chi connectivity index (χ1v) is 14.9. The molecule has 0 aliphatic carbocycles. The van der Waals surface area contributed by atoms with Crippen LogP contribution in [0.2, 0.25) is 0 Å². The Labute approximate surface area is 275 Å². The minimum absolute atomic E-state index is 0.00935. The number of nitrogens with zero attached hydrogens (tertiary/aromatic N) is 2. The first-order chi connectivity index (χ1) is 22.2. The van der Waals surface area contributed by atoms with Gasteiger partial charge in [0.15, 0.2) is 5.69 Å². The number of hydrogen-bond donors (Lipinski definition) is 3. The number of alkyl carbamates (subject to hydrolysis) is 1. The fourth-order valence-corrected chi connectivity index (χ4v) is 3.73. The van der Waals surface area contributed by atoms with E-state index in [1.54, 1.807) is 18.2 Å². The molecule has 2 aromatic carbocycles. The molecular formula is C33H46FN5O8. The summed E-state index contributed by atoms with van der Waals surface area (Å²) in [7, 11) is 4.20. The second kappa shape index (κ2) is 19.4. The molecular weight excluding hydrogens is 613 g/mol. The Morgan fingerprint density at radius 2 is 1.51 bits per heavy atom. The molecule has 1 aromatic heterocycles. The lowest BCUT2D eigenvalue weighted by molar-refractivity contribution is -0.141. The first-order valence-electron chi connectivity index (χ1n) is 14.9. The second-order valence-corrected chi connectivity index (χ2v) is 10.4. The molecule has 14 heteroatoms. The number of nitrogens with one attached hydrogen (secondary N) is 3. The van der Waals surface area contributed by atoms with Crippen LogP contribution in [0.5, 0.6) is 11.5 Å². The van der Waals surface area contributed by atoms with Gasteiger partial charge >= 0.3 is 12.1 Å². The summed E-state index contributed by atoms with van der Waals surface area (Å²) in [5, 5.41) is 11.9. The topological polar surface area (TPSA) is 159 Å². The van der Waals surface area contributed by atoms with Gasteiger partial charge in [-0.15, -0.1) is 0 Å². The van der Waals surface area contributed by atoms with Crippen molar-refractivity contribution in [2.75, 3.05) is 34.4 Å². The van der Waals surface area contributed by atoms with Crippen molar-refractivity contribution in [3.63, 3.8) is 0 Å². The third-order valence-corrected chi connectivity index (χ3v) is 5.79. The number of rotatable bonds is 10. The van der Waals surface area contributed by atoms with Crippen molar-refractivity contribution in [3.05, 3.63) is 60.0 Å². The summed E-state index contributed by atoms with van der Waals surface area (Å²) in [6, 6.07) is 11.3. The molecule has 47 heavy (non-hydrogen) atoms. The lowest BCUT2D eigenvalue weighted by Crippen LogP contribution is -2.46. The molecule has 0 aliphatic rings. The highest BCUT2D eigenvalue weighted by Crippen LogP contribution is 2.39. The maximum atomic E-state index is 13.6. The molecule has 0 spiro atoms. The molecule has 0 unspecified atom stereocenters. The average Bonchev–Trinajstić information content (AvgIpc) is 3.49. The van der Waals surface area contributed by atoms with Crippen LogP contribution in [0.1, 0.15) is 59.0 Å².